The van der Waals surface area contributed by atoms with Crippen molar-refractivity contribution in [1.29, 1.82) is 0 Å². The average molecular weight is 289 g/mol. The lowest BCUT2D eigenvalue weighted by Crippen LogP contribution is -2.13. The molecule has 3 heteroatoms. The SMILES string of the molecule is [C-]#[N+]c1ccc2[nH]cc(C(CCNC)c3ccccc3)c2c1. The summed E-state index contributed by atoms with van der Waals surface area (Å²) in [6.45, 7) is 8.18. The van der Waals surface area contributed by atoms with Crippen LogP contribution in [0, 0.1) is 6.57 Å². The van der Waals surface area contributed by atoms with Gasteiger partial charge in [-0.2, -0.15) is 0 Å². The van der Waals surface area contributed by atoms with Crippen LogP contribution in [0.2, 0.25) is 0 Å². The Labute approximate surface area is 130 Å². The van der Waals surface area contributed by atoms with Gasteiger partial charge in [-0.15, -0.1) is 0 Å². The number of nitrogens with zero attached hydrogens (tertiary/aromatic N) is 1. The third-order valence-electron chi connectivity index (χ3n) is 4.09. The molecular formula is C19H19N3. The summed E-state index contributed by atoms with van der Waals surface area (Å²) in [5, 5.41) is 4.39. The van der Waals surface area contributed by atoms with E-state index < -0.39 is 0 Å². The summed E-state index contributed by atoms with van der Waals surface area (Å²) >= 11 is 0. The number of rotatable bonds is 5. The number of hydrogen-bond acceptors (Lipinski definition) is 1. The van der Waals surface area contributed by atoms with E-state index in [4.69, 9.17) is 6.57 Å². The van der Waals surface area contributed by atoms with Crippen LogP contribution in [0.5, 0.6) is 0 Å². The normalized spacial score (nSPS) is 12.2. The van der Waals surface area contributed by atoms with Crippen molar-refractivity contribution in [2.45, 2.75) is 12.3 Å². The van der Waals surface area contributed by atoms with E-state index >= 15 is 0 Å². The molecule has 3 nitrogen and oxygen atoms in total. The van der Waals surface area contributed by atoms with Crippen molar-refractivity contribution in [1.82, 2.24) is 10.3 Å². The molecule has 0 bridgehead atoms. The summed E-state index contributed by atoms with van der Waals surface area (Å²) in [5.74, 6) is 0.323. The number of hydrogen-bond donors (Lipinski definition) is 2. The fraction of sp³-hybridized carbons (Fsp3) is 0.211. The summed E-state index contributed by atoms with van der Waals surface area (Å²) in [7, 11) is 1.98. The first kappa shape index (κ1) is 14.4. The van der Waals surface area contributed by atoms with Gasteiger partial charge in [0.25, 0.3) is 0 Å². The second-order valence-corrected chi connectivity index (χ2v) is 5.44. The fourth-order valence-corrected chi connectivity index (χ4v) is 2.96. The molecule has 0 radical (unpaired) electrons. The zero-order valence-corrected chi connectivity index (χ0v) is 12.6. The van der Waals surface area contributed by atoms with E-state index in [1.807, 2.05) is 31.3 Å². The fourth-order valence-electron chi connectivity index (χ4n) is 2.96. The number of aromatic amines is 1. The summed E-state index contributed by atoms with van der Waals surface area (Å²) in [4.78, 5) is 6.90. The first-order valence-corrected chi connectivity index (χ1v) is 7.51. The van der Waals surface area contributed by atoms with Gasteiger partial charge in [-0.25, -0.2) is 4.85 Å². The summed E-state index contributed by atoms with van der Waals surface area (Å²) in [5.41, 5.74) is 4.36. The van der Waals surface area contributed by atoms with Crippen LogP contribution in [-0.4, -0.2) is 18.6 Å². The lowest BCUT2D eigenvalue weighted by atomic mass is 9.88. The van der Waals surface area contributed by atoms with Crippen LogP contribution < -0.4 is 5.32 Å². The molecule has 0 amide bonds. The van der Waals surface area contributed by atoms with Gasteiger partial charge in [-0.05, 0) is 48.7 Å². The number of aromatic nitrogens is 1. The highest BCUT2D eigenvalue weighted by atomic mass is 14.8. The molecule has 1 aromatic heterocycles. The second-order valence-electron chi connectivity index (χ2n) is 5.44. The lowest BCUT2D eigenvalue weighted by Gasteiger charge is -2.17. The Morgan fingerprint density at radius 1 is 1.18 bits per heavy atom. The van der Waals surface area contributed by atoms with Gasteiger partial charge in [0.1, 0.15) is 0 Å². The average Bonchev–Trinajstić information content (AvgIpc) is 2.99. The van der Waals surface area contributed by atoms with Crippen molar-refractivity contribution < 1.29 is 0 Å². The molecule has 0 aliphatic carbocycles. The quantitative estimate of drug-likeness (QED) is 0.668. The highest BCUT2D eigenvalue weighted by Crippen LogP contribution is 2.34. The molecule has 0 saturated carbocycles. The Bertz CT molecular complexity index is 796. The van der Waals surface area contributed by atoms with Crippen LogP contribution in [0.1, 0.15) is 23.5 Å². The van der Waals surface area contributed by atoms with Gasteiger partial charge in [-0.1, -0.05) is 36.4 Å². The van der Waals surface area contributed by atoms with Crippen LogP contribution in [0.15, 0.2) is 54.7 Å². The van der Waals surface area contributed by atoms with Crippen LogP contribution in [0.3, 0.4) is 0 Å². The Morgan fingerprint density at radius 3 is 2.73 bits per heavy atom. The maximum atomic E-state index is 7.23. The number of fused-ring (bicyclic) bond motifs is 1. The summed E-state index contributed by atoms with van der Waals surface area (Å²) < 4.78 is 0. The van der Waals surface area contributed by atoms with Gasteiger partial charge >= 0.3 is 0 Å². The summed E-state index contributed by atoms with van der Waals surface area (Å²) in [6.07, 6.45) is 3.11. The molecule has 0 saturated heterocycles. The van der Waals surface area contributed by atoms with E-state index in [1.54, 1.807) is 0 Å². The van der Waals surface area contributed by atoms with E-state index in [0.717, 1.165) is 23.9 Å². The monoisotopic (exact) mass is 289 g/mol. The van der Waals surface area contributed by atoms with E-state index in [0.29, 0.717) is 11.6 Å². The molecule has 1 atom stereocenters. The van der Waals surface area contributed by atoms with Crippen LogP contribution in [-0.2, 0) is 0 Å². The van der Waals surface area contributed by atoms with Crippen molar-refractivity contribution in [2.24, 2.45) is 0 Å². The Balaban J connectivity index is 2.09. The minimum atomic E-state index is 0.323. The first-order chi connectivity index (χ1) is 10.8. The minimum absolute atomic E-state index is 0.323. The number of nitrogens with one attached hydrogen (secondary N) is 2. The number of benzene rings is 2. The maximum Gasteiger partial charge on any atom is 0.187 e. The second kappa shape index (κ2) is 6.46. The Morgan fingerprint density at radius 2 is 2.00 bits per heavy atom. The first-order valence-electron chi connectivity index (χ1n) is 7.51. The molecule has 2 aromatic carbocycles. The van der Waals surface area contributed by atoms with Gasteiger partial charge in [0.2, 0.25) is 0 Å². The van der Waals surface area contributed by atoms with Gasteiger partial charge in [-0.3, -0.25) is 0 Å². The van der Waals surface area contributed by atoms with Crippen molar-refractivity contribution in [3.8, 4) is 0 Å². The van der Waals surface area contributed by atoms with Gasteiger partial charge < -0.3 is 10.3 Å². The molecular weight excluding hydrogens is 270 g/mol. The van der Waals surface area contributed by atoms with Crippen molar-refractivity contribution in [2.75, 3.05) is 13.6 Å². The topological polar surface area (TPSA) is 32.2 Å². The highest BCUT2D eigenvalue weighted by Gasteiger charge is 2.17. The van der Waals surface area contributed by atoms with Crippen molar-refractivity contribution in [3.63, 3.8) is 0 Å². The predicted molar refractivity (Wildman–Crippen MR) is 91.4 cm³/mol. The van der Waals surface area contributed by atoms with Gasteiger partial charge in [0.05, 0.1) is 6.57 Å². The van der Waals surface area contributed by atoms with Crippen LogP contribution in [0.4, 0.5) is 5.69 Å². The molecule has 22 heavy (non-hydrogen) atoms. The van der Waals surface area contributed by atoms with Crippen LogP contribution in [0.25, 0.3) is 15.7 Å². The maximum absolute atomic E-state index is 7.23. The summed E-state index contributed by atoms with van der Waals surface area (Å²) in [6, 6.07) is 16.4. The Hall–Kier alpha value is -2.57. The lowest BCUT2D eigenvalue weighted by molar-refractivity contribution is 0.664. The zero-order valence-electron chi connectivity index (χ0n) is 12.6. The van der Waals surface area contributed by atoms with Crippen molar-refractivity contribution >= 4 is 16.6 Å². The molecule has 0 fully saturated rings. The third kappa shape index (κ3) is 2.74. The smallest absolute Gasteiger partial charge is 0.187 e. The van der Waals surface area contributed by atoms with E-state index in [2.05, 4.69) is 45.6 Å². The van der Waals surface area contributed by atoms with E-state index in [-0.39, 0.29) is 0 Å². The molecule has 110 valence electrons. The third-order valence-corrected chi connectivity index (χ3v) is 4.09. The molecule has 1 heterocycles. The standard InChI is InChI=1S/C19H19N3/c1-20-11-10-16(14-6-4-3-5-7-14)18-13-22-19-9-8-15(21-2)12-17(18)19/h3-9,12-13,16,20,22H,10-11H2,1H3. The van der Waals surface area contributed by atoms with Gasteiger partial charge in [0, 0.05) is 17.6 Å². The molecule has 2 N–H and O–H groups in total. The Kier molecular flexibility index (Phi) is 4.22. The predicted octanol–water partition coefficient (Wildman–Crippen LogP) is 4.46. The molecule has 0 aliphatic heterocycles. The number of H-pyrrole nitrogens is 1. The highest BCUT2D eigenvalue weighted by molar-refractivity contribution is 5.87. The molecule has 0 aliphatic rings. The van der Waals surface area contributed by atoms with E-state index in [1.165, 1.54) is 11.1 Å². The van der Waals surface area contributed by atoms with Crippen molar-refractivity contribution in [3.05, 3.63) is 77.3 Å². The largest absolute Gasteiger partial charge is 0.361 e. The van der Waals surface area contributed by atoms with Crippen LogP contribution >= 0.6 is 0 Å². The zero-order chi connectivity index (χ0) is 15.4. The van der Waals surface area contributed by atoms with E-state index in [9.17, 15) is 0 Å². The molecule has 3 rings (SSSR count). The minimum Gasteiger partial charge on any atom is -0.361 e. The molecule has 3 aromatic rings. The molecule has 0 spiro atoms. The molecule has 1 unspecified atom stereocenters. The van der Waals surface area contributed by atoms with Gasteiger partial charge in [0.15, 0.2) is 5.69 Å².